The second-order valence-electron chi connectivity index (χ2n) is 8.30. The summed E-state index contributed by atoms with van der Waals surface area (Å²) in [5.41, 5.74) is 0.340. The highest BCUT2D eigenvalue weighted by Crippen LogP contribution is 2.20. The lowest BCUT2D eigenvalue weighted by Gasteiger charge is -2.35. The van der Waals surface area contributed by atoms with Crippen molar-refractivity contribution in [2.45, 2.75) is 32.2 Å². The summed E-state index contributed by atoms with van der Waals surface area (Å²) in [6.45, 7) is 5.70. The molecule has 2 saturated heterocycles. The summed E-state index contributed by atoms with van der Waals surface area (Å²) >= 11 is 6.07. The molecule has 0 bridgehead atoms. The number of carbonyl (C=O) groups is 2. The summed E-state index contributed by atoms with van der Waals surface area (Å²) in [6, 6.07) is 4.54. The predicted molar refractivity (Wildman–Crippen MR) is 116 cm³/mol. The van der Waals surface area contributed by atoms with Crippen LogP contribution in [0.15, 0.2) is 18.2 Å². The Morgan fingerprint density at radius 2 is 1.57 bits per heavy atom. The van der Waals surface area contributed by atoms with Crippen molar-refractivity contribution in [3.63, 3.8) is 0 Å². The van der Waals surface area contributed by atoms with Gasteiger partial charge in [-0.1, -0.05) is 30.5 Å². The molecule has 0 unspecified atom stereocenters. The van der Waals surface area contributed by atoms with Gasteiger partial charge in [0.15, 0.2) is 0 Å². The fourth-order valence-electron chi connectivity index (χ4n) is 4.04. The van der Waals surface area contributed by atoms with Crippen molar-refractivity contribution < 1.29 is 14.0 Å². The van der Waals surface area contributed by atoms with Crippen molar-refractivity contribution >= 4 is 23.4 Å². The van der Waals surface area contributed by atoms with Gasteiger partial charge in [0.2, 0.25) is 11.8 Å². The van der Waals surface area contributed by atoms with E-state index in [0.717, 1.165) is 52.1 Å². The topological polar surface area (TPSA) is 47.1 Å². The molecular weight excluding hydrogens is 407 g/mol. The summed E-state index contributed by atoms with van der Waals surface area (Å²) in [5, 5.41) is 0.331. The molecule has 2 aliphatic heterocycles. The van der Waals surface area contributed by atoms with Gasteiger partial charge < -0.3 is 9.80 Å². The molecule has 2 heterocycles. The van der Waals surface area contributed by atoms with E-state index in [1.807, 2.05) is 4.90 Å². The van der Waals surface area contributed by atoms with Crippen LogP contribution in [0.2, 0.25) is 5.02 Å². The fourth-order valence-corrected chi connectivity index (χ4v) is 4.26. The van der Waals surface area contributed by atoms with Gasteiger partial charge in [-0.25, -0.2) is 4.39 Å². The monoisotopic (exact) mass is 438 g/mol. The van der Waals surface area contributed by atoms with E-state index in [1.54, 1.807) is 19.2 Å². The second-order valence-corrected chi connectivity index (χ2v) is 8.70. The molecule has 0 spiro atoms. The molecule has 2 fully saturated rings. The number of benzene rings is 1. The number of halogens is 2. The van der Waals surface area contributed by atoms with E-state index in [0.29, 0.717) is 17.1 Å². The SMILES string of the molecule is CN(Cc1c(F)cccc1Cl)C(=O)CN1CCN(CC(=O)N2CCCCCC2)CC1. The van der Waals surface area contributed by atoms with Crippen molar-refractivity contribution in [1.29, 1.82) is 0 Å². The van der Waals surface area contributed by atoms with E-state index in [9.17, 15) is 14.0 Å². The van der Waals surface area contributed by atoms with Crippen LogP contribution in [0.4, 0.5) is 4.39 Å². The first-order chi connectivity index (χ1) is 14.4. The van der Waals surface area contributed by atoms with E-state index in [4.69, 9.17) is 11.6 Å². The van der Waals surface area contributed by atoms with E-state index < -0.39 is 5.82 Å². The molecule has 2 aliphatic rings. The van der Waals surface area contributed by atoms with E-state index in [2.05, 4.69) is 9.80 Å². The van der Waals surface area contributed by atoms with Crippen LogP contribution in [-0.2, 0) is 16.1 Å². The first-order valence-electron chi connectivity index (χ1n) is 10.8. The minimum absolute atomic E-state index is 0.0663. The van der Waals surface area contributed by atoms with Crippen molar-refractivity contribution in [2.75, 3.05) is 59.4 Å². The number of hydrogen-bond acceptors (Lipinski definition) is 4. The number of nitrogens with zero attached hydrogens (tertiary/aromatic N) is 4. The maximum atomic E-state index is 14.0. The largest absolute Gasteiger partial charge is 0.342 e. The van der Waals surface area contributed by atoms with Crippen LogP contribution >= 0.6 is 11.6 Å². The van der Waals surface area contributed by atoms with Gasteiger partial charge in [0.25, 0.3) is 0 Å². The smallest absolute Gasteiger partial charge is 0.236 e. The van der Waals surface area contributed by atoms with Gasteiger partial charge in [-0.15, -0.1) is 0 Å². The van der Waals surface area contributed by atoms with Gasteiger partial charge in [-0.2, -0.15) is 0 Å². The Kier molecular flexibility index (Phi) is 8.48. The Bertz CT molecular complexity index is 712. The van der Waals surface area contributed by atoms with Crippen molar-refractivity contribution in [1.82, 2.24) is 19.6 Å². The molecule has 1 aromatic rings. The average molecular weight is 439 g/mol. The summed E-state index contributed by atoms with van der Waals surface area (Å²) in [5.74, 6) is -0.240. The Balaban J connectivity index is 1.41. The quantitative estimate of drug-likeness (QED) is 0.684. The maximum Gasteiger partial charge on any atom is 0.236 e. The second kappa shape index (κ2) is 11.1. The Morgan fingerprint density at radius 1 is 0.967 bits per heavy atom. The highest BCUT2D eigenvalue weighted by Gasteiger charge is 2.24. The molecule has 30 heavy (non-hydrogen) atoms. The zero-order valence-electron chi connectivity index (χ0n) is 17.8. The Labute approximate surface area is 183 Å². The number of piperazine rings is 1. The minimum Gasteiger partial charge on any atom is -0.342 e. The van der Waals surface area contributed by atoms with Crippen LogP contribution in [0.1, 0.15) is 31.2 Å². The summed E-state index contributed by atoms with van der Waals surface area (Å²) < 4.78 is 14.0. The molecule has 0 aromatic heterocycles. The third-order valence-corrected chi connectivity index (χ3v) is 6.38. The van der Waals surface area contributed by atoms with Crippen LogP contribution in [-0.4, -0.2) is 90.8 Å². The first-order valence-corrected chi connectivity index (χ1v) is 11.2. The standard InChI is InChI=1S/C22H32ClFN4O2/c1-25(15-18-19(23)7-6-8-20(18)24)21(29)16-26-11-13-27(14-12-26)17-22(30)28-9-4-2-3-5-10-28/h6-8H,2-5,9-17H2,1H3. The third kappa shape index (κ3) is 6.40. The number of hydrogen-bond donors (Lipinski definition) is 0. The van der Waals surface area contributed by atoms with Gasteiger partial charge in [0.05, 0.1) is 13.1 Å². The number of rotatable bonds is 6. The number of carbonyl (C=O) groups excluding carboxylic acids is 2. The normalized spacial score (nSPS) is 18.8. The van der Waals surface area contributed by atoms with Crippen molar-refractivity contribution in [3.8, 4) is 0 Å². The molecule has 0 N–H and O–H groups in total. The fraction of sp³-hybridized carbons (Fsp3) is 0.636. The highest BCUT2D eigenvalue weighted by atomic mass is 35.5. The van der Waals surface area contributed by atoms with Crippen LogP contribution in [0.5, 0.6) is 0 Å². The molecule has 1 aromatic carbocycles. The number of likely N-dealkylation sites (N-methyl/N-ethyl adjacent to an activating group) is 1. The van der Waals surface area contributed by atoms with Crippen LogP contribution in [0.25, 0.3) is 0 Å². The van der Waals surface area contributed by atoms with Crippen LogP contribution in [0, 0.1) is 5.82 Å². The molecule has 0 atom stereocenters. The van der Waals surface area contributed by atoms with E-state index in [-0.39, 0.29) is 24.9 Å². The zero-order valence-corrected chi connectivity index (χ0v) is 18.5. The van der Waals surface area contributed by atoms with Gasteiger partial charge in [-0.3, -0.25) is 19.4 Å². The lowest BCUT2D eigenvalue weighted by atomic mass is 10.2. The first kappa shape index (κ1) is 23.0. The molecule has 0 aliphatic carbocycles. The van der Waals surface area contributed by atoms with E-state index >= 15 is 0 Å². The summed E-state index contributed by atoms with van der Waals surface area (Å²) in [4.78, 5) is 32.9. The lowest BCUT2D eigenvalue weighted by molar-refractivity contribution is -0.134. The molecular formula is C22H32ClFN4O2. The van der Waals surface area contributed by atoms with Gasteiger partial charge >= 0.3 is 0 Å². The molecule has 2 amide bonds. The third-order valence-electron chi connectivity index (χ3n) is 6.02. The van der Waals surface area contributed by atoms with Crippen molar-refractivity contribution in [3.05, 3.63) is 34.6 Å². The summed E-state index contributed by atoms with van der Waals surface area (Å²) in [7, 11) is 1.67. The Morgan fingerprint density at radius 3 is 2.17 bits per heavy atom. The maximum absolute atomic E-state index is 14.0. The molecule has 166 valence electrons. The van der Waals surface area contributed by atoms with E-state index in [1.165, 1.54) is 23.8 Å². The van der Waals surface area contributed by atoms with Gasteiger partial charge in [0.1, 0.15) is 5.82 Å². The van der Waals surface area contributed by atoms with Crippen molar-refractivity contribution in [2.24, 2.45) is 0 Å². The van der Waals surface area contributed by atoms with Gasteiger partial charge in [0, 0.05) is 63.4 Å². The molecule has 3 rings (SSSR count). The highest BCUT2D eigenvalue weighted by molar-refractivity contribution is 6.31. The summed E-state index contributed by atoms with van der Waals surface area (Å²) in [6.07, 6.45) is 4.64. The zero-order chi connectivity index (χ0) is 21.5. The molecule has 6 nitrogen and oxygen atoms in total. The lowest BCUT2D eigenvalue weighted by Crippen LogP contribution is -2.52. The Hall–Kier alpha value is -1.70. The van der Waals surface area contributed by atoms with Gasteiger partial charge in [-0.05, 0) is 25.0 Å². The van der Waals surface area contributed by atoms with Crippen LogP contribution in [0.3, 0.4) is 0 Å². The number of likely N-dealkylation sites (tertiary alicyclic amines) is 1. The average Bonchev–Trinajstić information content (AvgIpc) is 3.02. The van der Waals surface area contributed by atoms with Crippen LogP contribution < -0.4 is 0 Å². The minimum atomic E-state index is -0.398. The molecule has 0 saturated carbocycles. The predicted octanol–water partition coefficient (Wildman–Crippen LogP) is 2.46. The molecule has 8 heteroatoms. The number of amides is 2. The molecule has 0 radical (unpaired) electrons.